The molecule has 20 heavy (non-hydrogen) atoms. The van der Waals surface area contributed by atoms with Crippen LogP contribution in [0.25, 0.3) is 0 Å². The van der Waals surface area contributed by atoms with Gasteiger partial charge in [-0.3, -0.25) is 14.3 Å². The fourth-order valence-electron chi connectivity index (χ4n) is 1.73. The van der Waals surface area contributed by atoms with E-state index in [1.165, 1.54) is 11.7 Å². The summed E-state index contributed by atoms with van der Waals surface area (Å²) in [5, 5.41) is 3.01. The van der Waals surface area contributed by atoms with E-state index >= 15 is 0 Å². The zero-order valence-corrected chi connectivity index (χ0v) is 12.6. The van der Waals surface area contributed by atoms with Gasteiger partial charge in [-0.15, -0.1) is 0 Å². The van der Waals surface area contributed by atoms with Crippen LogP contribution in [0.1, 0.15) is 27.2 Å². The number of hydrogen-bond donors (Lipinski definition) is 3. The van der Waals surface area contributed by atoms with Crippen molar-refractivity contribution < 1.29 is 4.74 Å². The molecule has 114 valence electrons. The molecule has 1 rings (SSSR count). The lowest BCUT2D eigenvalue weighted by Crippen LogP contribution is -2.35. The molecule has 0 aliphatic carbocycles. The first-order chi connectivity index (χ1) is 9.26. The second-order valence-electron chi connectivity index (χ2n) is 5.90. The van der Waals surface area contributed by atoms with E-state index in [2.05, 4.69) is 31.1 Å². The fourth-order valence-corrected chi connectivity index (χ4v) is 1.73. The average molecular weight is 284 g/mol. The van der Waals surface area contributed by atoms with Crippen molar-refractivity contribution in [1.29, 1.82) is 0 Å². The number of anilines is 2. The van der Waals surface area contributed by atoms with Gasteiger partial charge in [0.2, 0.25) is 0 Å². The van der Waals surface area contributed by atoms with Crippen molar-refractivity contribution in [2.45, 2.75) is 33.7 Å². The Bertz CT molecular complexity index is 554. The summed E-state index contributed by atoms with van der Waals surface area (Å²) in [5.41, 5.74) is 5.28. The van der Waals surface area contributed by atoms with Crippen LogP contribution in [0.2, 0.25) is 0 Å². The highest BCUT2D eigenvalue weighted by molar-refractivity contribution is 5.60. The smallest absolute Gasteiger partial charge is 0.330 e. The van der Waals surface area contributed by atoms with Crippen LogP contribution in [0.4, 0.5) is 11.5 Å². The Balaban J connectivity index is 2.96. The Morgan fingerprint density at radius 2 is 2.00 bits per heavy atom. The molecule has 0 fully saturated rings. The van der Waals surface area contributed by atoms with Crippen molar-refractivity contribution in [3.05, 3.63) is 20.8 Å². The van der Waals surface area contributed by atoms with Gasteiger partial charge >= 0.3 is 5.69 Å². The van der Waals surface area contributed by atoms with Gasteiger partial charge in [-0.1, -0.05) is 20.8 Å². The lowest BCUT2D eigenvalue weighted by atomic mass is 9.92. The Morgan fingerprint density at radius 1 is 1.35 bits per heavy atom. The second-order valence-corrected chi connectivity index (χ2v) is 5.90. The summed E-state index contributed by atoms with van der Waals surface area (Å²) in [6.45, 7) is 7.59. The summed E-state index contributed by atoms with van der Waals surface area (Å²) >= 11 is 0. The molecule has 4 N–H and O–H groups in total. The number of ether oxygens (including phenoxy) is 1. The van der Waals surface area contributed by atoms with Gasteiger partial charge in [0.05, 0.1) is 13.2 Å². The minimum absolute atomic E-state index is 0.143. The number of aromatic nitrogens is 2. The highest BCUT2D eigenvalue weighted by Crippen LogP contribution is 2.19. The third-order valence-electron chi connectivity index (χ3n) is 2.94. The van der Waals surface area contributed by atoms with Crippen LogP contribution < -0.4 is 22.3 Å². The van der Waals surface area contributed by atoms with Crippen molar-refractivity contribution in [3.8, 4) is 0 Å². The maximum absolute atomic E-state index is 11.8. The largest absolute Gasteiger partial charge is 0.383 e. The highest BCUT2D eigenvalue weighted by Gasteiger charge is 2.14. The first-order valence-corrected chi connectivity index (χ1v) is 6.61. The van der Waals surface area contributed by atoms with Gasteiger partial charge in [0.15, 0.2) is 0 Å². The predicted octanol–water partition coefficient (Wildman–Crippen LogP) is 0.613. The van der Waals surface area contributed by atoms with E-state index < -0.39 is 11.2 Å². The molecule has 7 nitrogen and oxygen atoms in total. The molecule has 0 aliphatic heterocycles. The van der Waals surface area contributed by atoms with Crippen LogP contribution in [-0.2, 0) is 11.3 Å². The first kappa shape index (κ1) is 16.3. The third-order valence-corrected chi connectivity index (χ3v) is 2.94. The normalized spacial score (nSPS) is 11.6. The molecule has 0 aromatic carbocycles. The Morgan fingerprint density at radius 3 is 2.55 bits per heavy atom. The first-order valence-electron chi connectivity index (χ1n) is 6.61. The zero-order valence-electron chi connectivity index (χ0n) is 12.6. The van der Waals surface area contributed by atoms with Gasteiger partial charge in [0.25, 0.3) is 5.56 Å². The number of nitrogens with one attached hydrogen (secondary N) is 2. The summed E-state index contributed by atoms with van der Waals surface area (Å²) in [7, 11) is 1.54. The minimum Gasteiger partial charge on any atom is -0.383 e. The van der Waals surface area contributed by atoms with Crippen molar-refractivity contribution in [3.63, 3.8) is 0 Å². The maximum atomic E-state index is 11.8. The van der Waals surface area contributed by atoms with Crippen molar-refractivity contribution in [2.75, 3.05) is 31.3 Å². The molecular formula is C13H24N4O3. The van der Waals surface area contributed by atoms with Crippen molar-refractivity contribution in [2.24, 2.45) is 5.41 Å². The summed E-state index contributed by atoms with van der Waals surface area (Å²) in [6, 6.07) is 0. The summed E-state index contributed by atoms with van der Waals surface area (Å²) in [5.74, 6) is 0.143. The molecule has 0 aliphatic rings. The summed E-state index contributed by atoms with van der Waals surface area (Å²) < 4.78 is 6.22. The number of nitrogens with zero attached hydrogens (tertiary/aromatic N) is 1. The fraction of sp³-hybridized carbons (Fsp3) is 0.692. The van der Waals surface area contributed by atoms with Crippen LogP contribution in [0.5, 0.6) is 0 Å². The molecule has 0 saturated heterocycles. The van der Waals surface area contributed by atoms with E-state index in [0.29, 0.717) is 19.7 Å². The standard InChI is InChI=1S/C13H24N4O3/c1-13(2,3)5-6-15-9-10(14)17(7-8-20-4)12(19)16-11(9)18/h15H,5-8,14H2,1-4H3,(H,16,18,19). The van der Waals surface area contributed by atoms with E-state index in [0.717, 1.165) is 6.42 Å². The van der Waals surface area contributed by atoms with Crippen LogP contribution in [0.3, 0.4) is 0 Å². The lowest BCUT2D eigenvalue weighted by molar-refractivity contribution is 0.186. The minimum atomic E-state index is -0.522. The Labute approximate surface area is 118 Å². The molecule has 0 bridgehead atoms. The van der Waals surface area contributed by atoms with Crippen molar-refractivity contribution >= 4 is 11.5 Å². The second kappa shape index (κ2) is 6.60. The van der Waals surface area contributed by atoms with Crippen molar-refractivity contribution in [1.82, 2.24) is 9.55 Å². The molecule has 7 heteroatoms. The molecule has 1 aromatic heterocycles. The molecule has 0 unspecified atom stereocenters. The van der Waals surface area contributed by atoms with E-state index in [9.17, 15) is 9.59 Å². The number of H-pyrrole nitrogens is 1. The number of methoxy groups -OCH3 is 1. The lowest BCUT2D eigenvalue weighted by Gasteiger charge is -2.19. The van der Waals surface area contributed by atoms with Gasteiger partial charge in [0, 0.05) is 13.7 Å². The molecule has 1 aromatic rings. The predicted molar refractivity (Wildman–Crippen MR) is 80.2 cm³/mol. The SMILES string of the molecule is COCCn1c(N)c(NCCC(C)(C)C)c(=O)[nH]c1=O. The third kappa shape index (κ3) is 4.41. The molecule has 0 atom stereocenters. The molecule has 0 radical (unpaired) electrons. The van der Waals surface area contributed by atoms with Gasteiger partial charge in [0.1, 0.15) is 11.5 Å². The maximum Gasteiger partial charge on any atom is 0.330 e. The number of aromatic amines is 1. The number of nitrogen functional groups attached to an aromatic ring is 1. The van der Waals surface area contributed by atoms with Gasteiger partial charge in [-0.05, 0) is 11.8 Å². The number of nitrogens with two attached hydrogens (primary N) is 1. The molecule has 0 spiro atoms. The molecule has 0 saturated carbocycles. The summed E-state index contributed by atoms with van der Waals surface area (Å²) in [4.78, 5) is 25.8. The summed E-state index contributed by atoms with van der Waals surface area (Å²) in [6.07, 6.45) is 0.878. The van der Waals surface area contributed by atoms with Crippen LogP contribution in [0.15, 0.2) is 9.59 Å². The highest BCUT2D eigenvalue weighted by atomic mass is 16.5. The van der Waals surface area contributed by atoms with E-state index in [-0.39, 0.29) is 16.9 Å². The van der Waals surface area contributed by atoms with E-state index in [4.69, 9.17) is 10.5 Å². The number of hydrogen-bond acceptors (Lipinski definition) is 5. The quantitative estimate of drug-likeness (QED) is 0.710. The van der Waals surface area contributed by atoms with Crippen LogP contribution in [-0.4, -0.2) is 29.8 Å². The van der Waals surface area contributed by atoms with E-state index in [1.54, 1.807) is 0 Å². The van der Waals surface area contributed by atoms with Gasteiger partial charge < -0.3 is 15.8 Å². The zero-order chi connectivity index (χ0) is 15.3. The van der Waals surface area contributed by atoms with Crippen LogP contribution in [0, 0.1) is 5.41 Å². The molecule has 1 heterocycles. The molecule has 0 amide bonds. The Kier molecular flexibility index (Phi) is 5.38. The van der Waals surface area contributed by atoms with Gasteiger partial charge in [-0.2, -0.15) is 0 Å². The topological polar surface area (TPSA) is 102 Å². The monoisotopic (exact) mass is 284 g/mol. The van der Waals surface area contributed by atoms with E-state index in [1.807, 2.05) is 0 Å². The number of rotatable bonds is 6. The Hall–Kier alpha value is -1.76. The molecular weight excluding hydrogens is 260 g/mol. The average Bonchev–Trinajstić information content (AvgIpc) is 2.31. The van der Waals surface area contributed by atoms with Gasteiger partial charge in [-0.25, -0.2) is 4.79 Å². The van der Waals surface area contributed by atoms with Crippen LogP contribution >= 0.6 is 0 Å².